The summed E-state index contributed by atoms with van der Waals surface area (Å²) in [4.78, 5) is 60.6. The number of carbonyl (C=O) groups excluding carboxylic acids is 2. The van der Waals surface area contributed by atoms with Crippen molar-refractivity contribution in [1.82, 2.24) is 18.8 Å². The molecule has 4 heterocycles. The van der Waals surface area contributed by atoms with Crippen molar-refractivity contribution in [2.24, 2.45) is 5.73 Å². The molecule has 0 fully saturated rings. The number of primary amides is 1. The fraction of sp³-hybridized carbons (Fsp3) is 0.0345. The Hall–Kier alpha value is -5.44. The molecule has 38 heavy (non-hydrogen) atoms. The molecule has 1 amide bonds. The summed E-state index contributed by atoms with van der Waals surface area (Å²) < 4.78 is 3.09. The summed E-state index contributed by atoms with van der Waals surface area (Å²) in [6.07, 6.45) is 0. The first kappa shape index (κ1) is 20.7. The molecule has 0 saturated heterocycles. The third-order valence-corrected chi connectivity index (χ3v) is 7.51. The van der Waals surface area contributed by atoms with Crippen LogP contribution in [-0.2, 0) is 0 Å². The molecule has 9 nitrogen and oxygen atoms in total. The van der Waals surface area contributed by atoms with E-state index in [0.717, 1.165) is 0 Å². The molecule has 0 unspecified atom stereocenters. The van der Waals surface area contributed by atoms with E-state index in [4.69, 9.17) is 15.7 Å². The number of nitrogens with zero attached hydrogens (tertiary/aromatic N) is 4. The van der Waals surface area contributed by atoms with E-state index in [-0.39, 0.29) is 16.9 Å². The second-order valence-electron chi connectivity index (χ2n) is 9.55. The third-order valence-electron chi connectivity index (χ3n) is 7.51. The van der Waals surface area contributed by atoms with E-state index in [0.29, 0.717) is 76.8 Å². The highest BCUT2D eigenvalue weighted by Gasteiger charge is 2.22. The van der Waals surface area contributed by atoms with Crippen molar-refractivity contribution in [1.29, 1.82) is 0 Å². The number of amides is 1. The van der Waals surface area contributed by atoms with Gasteiger partial charge in [0, 0.05) is 43.4 Å². The Morgan fingerprint density at radius 1 is 0.658 bits per heavy atom. The smallest absolute Gasteiger partial charge is 0.264 e. The topological polar surface area (TPSA) is 129 Å². The minimum atomic E-state index is -0.581. The molecule has 0 spiro atoms. The average Bonchev–Trinajstić information content (AvgIpc) is 3.49. The lowest BCUT2D eigenvalue weighted by atomic mass is 9.96. The first-order chi connectivity index (χ1) is 18.3. The summed E-state index contributed by atoms with van der Waals surface area (Å²) in [5.41, 5.74) is 8.80. The second kappa shape index (κ2) is 6.65. The number of carbonyl (C=O) groups is 2. The van der Waals surface area contributed by atoms with Crippen molar-refractivity contribution in [2.45, 2.75) is 6.92 Å². The van der Waals surface area contributed by atoms with E-state index in [9.17, 15) is 19.2 Å². The van der Waals surface area contributed by atoms with E-state index in [2.05, 4.69) is 0 Å². The highest BCUT2D eigenvalue weighted by Crippen LogP contribution is 2.36. The van der Waals surface area contributed by atoms with Crippen molar-refractivity contribution in [3.05, 3.63) is 92.5 Å². The zero-order chi connectivity index (χ0) is 26.0. The quantitative estimate of drug-likeness (QED) is 0.287. The summed E-state index contributed by atoms with van der Waals surface area (Å²) in [5, 5.41) is 3.60. The van der Waals surface area contributed by atoms with Crippen molar-refractivity contribution >= 4 is 77.4 Å². The van der Waals surface area contributed by atoms with Gasteiger partial charge in [0.2, 0.25) is 5.91 Å². The van der Waals surface area contributed by atoms with Crippen LogP contribution < -0.4 is 16.9 Å². The molecule has 4 aromatic heterocycles. The number of nitrogens with two attached hydrogens (primary N) is 1. The fourth-order valence-corrected chi connectivity index (χ4v) is 5.77. The van der Waals surface area contributed by atoms with Crippen LogP contribution in [0, 0.1) is 0 Å². The largest absolute Gasteiger partial charge is 0.366 e. The molecule has 0 aliphatic carbocycles. The standard InChI is InChI=1S/C29H15N5O4/c1-12(35)13-2-8-21-19(10-13)31-26-15-4-6-18-24-16(5-7-17(23(15)24)28(37)33(21)26)27-32-20-11-14(25(30)36)3-9-22(20)34(27)29(18)38/h2-11H,1H3,(H2,30,36). The molecule has 4 aromatic carbocycles. The van der Waals surface area contributed by atoms with Crippen molar-refractivity contribution in [2.75, 3.05) is 0 Å². The van der Waals surface area contributed by atoms with Gasteiger partial charge in [-0.2, -0.15) is 0 Å². The number of Topliss-reactive ketones (excluding diaryl/α,β-unsaturated/α-hetero) is 1. The third kappa shape index (κ3) is 2.35. The summed E-state index contributed by atoms with van der Waals surface area (Å²) in [5.74, 6) is -0.668. The Morgan fingerprint density at radius 2 is 1.11 bits per heavy atom. The number of fused-ring (bicyclic) bond motifs is 8. The number of benzene rings is 4. The van der Waals surface area contributed by atoms with Gasteiger partial charge in [-0.15, -0.1) is 0 Å². The highest BCUT2D eigenvalue weighted by atomic mass is 16.1. The molecular formula is C29H15N5O4. The number of hydrogen-bond donors (Lipinski definition) is 1. The van der Waals surface area contributed by atoms with E-state index in [1.165, 1.54) is 11.3 Å². The normalized spacial score (nSPS) is 12.3. The molecule has 0 aliphatic rings. The second-order valence-corrected chi connectivity index (χ2v) is 9.55. The van der Waals surface area contributed by atoms with E-state index < -0.39 is 5.91 Å². The first-order valence-electron chi connectivity index (χ1n) is 11.9. The lowest BCUT2D eigenvalue weighted by Crippen LogP contribution is -2.16. The minimum absolute atomic E-state index is 0.0876. The van der Waals surface area contributed by atoms with Crippen molar-refractivity contribution in [3.63, 3.8) is 0 Å². The summed E-state index contributed by atoms with van der Waals surface area (Å²) in [6, 6.07) is 17.0. The van der Waals surface area contributed by atoms with Gasteiger partial charge < -0.3 is 5.73 Å². The maximum atomic E-state index is 13.8. The van der Waals surface area contributed by atoms with Crippen LogP contribution >= 0.6 is 0 Å². The predicted molar refractivity (Wildman–Crippen MR) is 145 cm³/mol. The monoisotopic (exact) mass is 497 g/mol. The lowest BCUT2D eigenvalue weighted by Gasteiger charge is -2.12. The molecule has 180 valence electrons. The summed E-state index contributed by atoms with van der Waals surface area (Å²) >= 11 is 0. The van der Waals surface area contributed by atoms with Gasteiger partial charge in [-0.3, -0.25) is 28.0 Å². The maximum Gasteiger partial charge on any atom is 0.264 e. The van der Waals surface area contributed by atoms with E-state index in [1.54, 1.807) is 59.0 Å². The number of pyridine rings is 2. The zero-order valence-corrected chi connectivity index (χ0v) is 19.8. The molecule has 2 N–H and O–H groups in total. The van der Waals surface area contributed by atoms with Gasteiger partial charge in [-0.1, -0.05) is 0 Å². The number of rotatable bonds is 2. The number of ketones is 1. The molecular weight excluding hydrogens is 482 g/mol. The predicted octanol–water partition coefficient (Wildman–Crippen LogP) is 3.65. The summed E-state index contributed by atoms with van der Waals surface area (Å²) in [6.45, 7) is 1.49. The van der Waals surface area contributed by atoms with Crippen molar-refractivity contribution < 1.29 is 9.59 Å². The van der Waals surface area contributed by atoms with Crippen LogP contribution in [0.1, 0.15) is 27.6 Å². The van der Waals surface area contributed by atoms with Crippen LogP contribution in [0.15, 0.2) is 70.3 Å². The van der Waals surface area contributed by atoms with Gasteiger partial charge in [0.1, 0.15) is 11.3 Å². The SMILES string of the molecule is CC(=O)c1ccc2c(c1)nc1c3ccc4c(=O)n5c6ccc(C(N)=O)cc6nc5c5ccc(c(=O)n21)c3c45. The van der Waals surface area contributed by atoms with Crippen molar-refractivity contribution in [3.8, 4) is 0 Å². The van der Waals surface area contributed by atoms with Crippen LogP contribution in [0.5, 0.6) is 0 Å². The molecule has 8 aromatic rings. The Bertz CT molecular complexity index is 2330. The van der Waals surface area contributed by atoms with Gasteiger partial charge in [0.25, 0.3) is 11.1 Å². The van der Waals surface area contributed by atoms with Gasteiger partial charge in [0.05, 0.1) is 22.1 Å². The Labute approximate surface area is 211 Å². The number of imidazole rings is 2. The maximum absolute atomic E-state index is 13.8. The van der Waals surface area contributed by atoms with E-state index in [1.807, 2.05) is 6.07 Å². The van der Waals surface area contributed by atoms with Crippen LogP contribution in [0.25, 0.3) is 65.7 Å². The van der Waals surface area contributed by atoms with E-state index >= 15 is 0 Å². The Morgan fingerprint density at radius 3 is 1.58 bits per heavy atom. The van der Waals surface area contributed by atoms with Gasteiger partial charge >= 0.3 is 0 Å². The Kier molecular flexibility index (Phi) is 3.63. The lowest BCUT2D eigenvalue weighted by molar-refractivity contribution is 0.0996. The average molecular weight is 497 g/mol. The molecule has 8 rings (SSSR count). The van der Waals surface area contributed by atoms with Crippen LogP contribution in [0.4, 0.5) is 0 Å². The van der Waals surface area contributed by atoms with Crippen LogP contribution in [0.3, 0.4) is 0 Å². The molecule has 9 heteroatoms. The first-order valence-corrected chi connectivity index (χ1v) is 11.9. The van der Waals surface area contributed by atoms with Gasteiger partial charge in [0.15, 0.2) is 5.78 Å². The molecule has 0 bridgehead atoms. The molecule has 0 radical (unpaired) electrons. The minimum Gasteiger partial charge on any atom is -0.366 e. The summed E-state index contributed by atoms with van der Waals surface area (Å²) in [7, 11) is 0. The van der Waals surface area contributed by atoms with Crippen LogP contribution in [0.2, 0.25) is 0 Å². The van der Waals surface area contributed by atoms with Crippen LogP contribution in [-0.4, -0.2) is 30.5 Å². The fourth-order valence-electron chi connectivity index (χ4n) is 5.77. The molecule has 0 saturated carbocycles. The number of aromatic nitrogens is 4. The van der Waals surface area contributed by atoms with Gasteiger partial charge in [-0.05, 0) is 67.6 Å². The zero-order valence-electron chi connectivity index (χ0n) is 19.8. The van der Waals surface area contributed by atoms with Gasteiger partial charge in [-0.25, -0.2) is 9.97 Å². The highest BCUT2D eigenvalue weighted by molar-refractivity contribution is 6.27. The molecule has 0 aliphatic heterocycles. The molecule has 0 atom stereocenters. The number of hydrogen-bond acceptors (Lipinski definition) is 6. The Balaban J connectivity index is 1.59.